The molecule has 2 aromatic rings. The van der Waals surface area contributed by atoms with Gasteiger partial charge in [0.1, 0.15) is 0 Å². The number of carbonyl (C=O) groups is 1. The molecule has 3 N–H and O–H groups in total. The summed E-state index contributed by atoms with van der Waals surface area (Å²) < 4.78 is 0. The van der Waals surface area contributed by atoms with Gasteiger partial charge in [0, 0.05) is 6.92 Å². The van der Waals surface area contributed by atoms with Crippen LogP contribution in [0.2, 0.25) is 0 Å². The molecule has 1 aliphatic carbocycles. The average molecular weight is 308 g/mol. The zero-order chi connectivity index (χ0) is 16.4. The molecule has 0 aromatic heterocycles. The summed E-state index contributed by atoms with van der Waals surface area (Å²) in [6.45, 7) is 3.66. The molecule has 0 fully saturated rings. The zero-order valence-electron chi connectivity index (χ0n) is 13.8. The van der Waals surface area contributed by atoms with Crippen LogP contribution in [-0.4, -0.2) is 5.91 Å². The molecule has 3 heteroatoms. The predicted octanol–water partition coefficient (Wildman–Crippen LogP) is 3.56. The van der Waals surface area contributed by atoms with Crippen molar-refractivity contribution in [1.82, 2.24) is 5.32 Å². The van der Waals surface area contributed by atoms with E-state index in [2.05, 4.69) is 48.6 Å². The lowest BCUT2D eigenvalue weighted by molar-refractivity contribution is -0.119. The van der Waals surface area contributed by atoms with Gasteiger partial charge in [-0.05, 0) is 48.4 Å². The molecule has 3 rings (SSSR count). The first-order chi connectivity index (χ1) is 11.0. The maximum Gasteiger partial charge on any atom is 0.217 e. The van der Waals surface area contributed by atoms with Crippen molar-refractivity contribution in [3.63, 3.8) is 0 Å². The van der Waals surface area contributed by atoms with E-state index in [1.54, 1.807) is 6.92 Å². The second kappa shape index (κ2) is 6.55. The van der Waals surface area contributed by atoms with Crippen molar-refractivity contribution >= 4 is 5.91 Å². The van der Waals surface area contributed by atoms with Gasteiger partial charge in [0.25, 0.3) is 0 Å². The third-order valence-electron chi connectivity index (χ3n) is 4.62. The second-order valence-electron chi connectivity index (χ2n) is 6.50. The van der Waals surface area contributed by atoms with Crippen molar-refractivity contribution in [2.24, 2.45) is 5.73 Å². The van der Waals surface area contributed by atoms with Crippen LogP contribution < -0.4 is 11.1 Å². The quantitative estimate of drug-likeness (QED) is 0.911. The first kappa shape index (κ1) is 15.8. The van der Waals surface area contributed by atoms with E-state index in [0.29, 0.717) is 0 Å². The number of fused-ring (bicyclic) bond motifs is 1. The molecule has 120 valence electrons. The Morgan fingerprint density at radius 1 is 1.22 bits per heavy atom. The first-order valence-electron chi connectivity index (χ1n) is 8.26. The molecule has 23 heavy (non-hydrogen) atoms. The van der Waals surface area contributed by atoms with Gasteiger partial charge in [0.15, 0.2) is 0 Å². The maximum absolute atomic E-state index is 11.5. The van der Waals surface area contributed by atoms with Crippen molar-refractivity contribution in [3.8, 4) is 0 Å². The number of nitrogens with two attached hydrogens (primary N) is 1. The summed E-state index contributed by atoms with van der Waals surface area (Å²) in [7, 11) is 0. The van der Waals surface area contributed by atoms with Gasteiger partial charge in [0.05, 0.1) is 12.1 Å². The molecule has 1 aliphatic rings. The first-order valence-corrected chi connectivity index (χ1v) is 8.26. The van der Waals surface area contributed by atoms with Gasteiger partial charge < -0.3 is 11.1 Å². The number of amides is 1. The Labute approximate surface area is 137 Å². The van der Waals surface area contributed by atoms with Crippen molar-refractivity contribution in [2.45, 2.75) is 45.2 Å². The minimum atomic E-state index is -0.139. The summed E-state index contributed by atoms with van der Waals surface area (Å²) in [4.78, 5) is 11.5. The Morgan fingerprint density at radius 3 is 2.74 bits per heavy atom. The number of aryl methyl sites for hydroxylation is 2. The molecule has 0 radical (unpaired) electrons. The monoisotopic (exact) mass is 308 g/mol. The van der Waals surface area contributed by atoms with Gasteiger partial charge >= 0.3 is 0 Å². The van der Waals surface area contributed by atoms with Gasteiger partial charge in [-0.3, -0.25) is 4.79 Å². The van der Waals surface area contributed by atoms with Gasteiger partial charge in [0.2, 0.25) is 5.91 Å². The van der Waals surface area contributed by atoms with E-state index < -0.39 is 0 Å². The lowest BCUT2D eigenvalue weighted by Crippen LogP contribution is -2.29. The molecular weight excluding hydrogens is 284 g/mol. The number of benzene rings is 2. The third-order valence-corrected chi connectivity index (χ3v) is 4.62. The van der Waals surface area contributed by atoms with Gasteiger partial charge in [-0.15, -0.1) is 0 Å². The SMILES string of the molecule is CC(=O)NC1CCCc2ccc(C(N)c3cccc(C)c3)cc21. The van der Waals surface area contributed by atoms with E-state index in [1.165, 1.54) is 16.7 Å². The van der Waals surface area contributed by atoms with Crippen LogP contribution in [0.5, 0.6) is 0 Å². The minimum Gasteiger partial charge on any atom is -0.350 e. The van der Waals surface area contributed by atoms with Gasteiger partial charge in [-0.2, -0.15) is 0 Å². The van der Waals surface area contributed by atoms with E-state index >= 15 is 0 Å². The maximum atomic E-state index is 11.5. The largest absolute Gasteiger partial charge is 0.350 e. The van der Waals surface area contributed by atoms with Crippen LogP contribution in [-0.2, 0) is 11.2 Å². The highest BCUT2D eigenvalue weighted by molar-refractivity contribution is 5.73. The molecule has 0 aliphatic heterocycles. The fraction of sp³-hybridized carbons (Fsp3) is 0.350. The number of hydrogen-bond acceptors (Lipinski definition) is 2. The van der Waals surface area contributed by atoms with E-state index in [4.69, 9.17) is 5.73 Å². The van der Waals surface area contributed by atoms with Crippen LogP contribution in [0.15, 0.2) is 42.5 Å². The summed E-state index contributed by atoms with van der Waals surface area (Å²) in [5, 5.41) is 3.07. The molecule has 0 saturated heterocycles. The molecule has 1 amide bonds. The predicted molar refractivity (Wildman–Crippen MR) is 93.1 cm³/mol. The Hall–Kier alpha value is -2.13. The standard InChI is InChI=1S/C20H24N2O/c1-13-5-3-7-16(11-13)20(21)17-10-9-15-6-4-8-19(18(15)12-17)22-14(2)23/h3,5,7,9-12,19-20H,4,6,8,21H2,1-2H3,(H,22,23). The third kappa shape index (κ3) is 3.45. The summed E-state index contributed by atoms with van der Waals surface area (Å²) in [6, 6.07) is 14.8. The summed E-state index contributed by atoms with van der Waals surface area (Å²) >= 11 is 0. The highest BCUT2D eigenvalue weighted by Gasteiger charge is 2.22. The molecule has 0 spiro atoms. The van der Waals surface area contributed by atoms with Gasteiger partial charge in [-0.1, -0.05) is 48.0 Å². The molecule has 0 bridgehead atoms. The van der Waals surface area contributed by atoms with Crippen molar-refractivity contribution in [1.29, 1.82) is 0 Å². The van der Waals surface area contributed by atoms with E-state index in [0.717, 1.165) is 30.4 Å². The van der Waals surface area contributed by atoms with Crippen LogP contribution in [0.3, 0.4) is 0 Å². The molecule has 2 atom stereocenters. The van der Waals surface area contributed by atoms with Crippen LogP contribution in [0.4, 0.5) is 0 Å². The average Bonchev–Trinajstić information content (AvgIpc) is 2.53. The minimum absolute atomic E-state index is 0.0243. The fourth-order valence-corrected chi connectivity index (χ4v) is 3.46. The summed E-state index contributed by atoms with van der Waals surface area (Å²) in [6.07, 6.45) is 3.18. The van der Waals surface area contributed by atoms with E-state index in [-0.39, 0.29) is 18.0 Å². The summed E-state index contributed by atoms with van der Waals surface area (Å²) in [5.41, 5.74) is 12.5. The highest BCUT2D eigenvalue weighted by atomic mass is 16.1. The lowest BCUT2D eigenvalue weighted by Gasteiger charge is -2.27. The normalized spacial score (nSPS) is 18.1. The smallest absolute Gasteiger partial charge is 0.217 e. The van der Waals surface area contributed by atoms with Crippen LogP contribution in [0.25, 0.3) is 0 Å². The Balaban J connectivity index is 1.94. The Morgan fingerprint density at radius 2 is 2.00 bits per heavy atom. The molecule has 0 saturated carbocycles. The summed E-state index contributed by atoms with van der Waals surface area (Å²) in [5.74, 6) is 0.0243. The van der Waals surface area contributed by atoms with Crippen LogP contribution in [0, 0.1) is 6.92 Å². The van der Waals surface area contributed by atoms with Crippen molar-refractivity contribution in [2.75, 3.05) is 0 Å². The molecule has 2 aromatic carbocycles. The molecule has 0 heterocycles. The Bertz CT molecular complexity index is 723. The second-order valence-corrected chi connectivity index (χ2v) is 6.50. The van der Waals surface area contributed by atoms with Crippen LogP contribution in [0.1, 0.15) is 59.7 Å². The number of carbonyl (C=O) groups excluding carboxylic acids is 1. The van der Waals surface area contributed by atoms with Crippen molar-refractivity contribution in [3.05, 3.63) is 70.3 Å². The van der Waals surface area contributed by atoms with E-state index in [9.17, 15) is 4.79 Å². The molecular formula is C20H24N2O. The van der Waals surface area contributed by atoms with E-state index in [1.807, 2.05) is 6.07 Å². The topological polar surface area (TPSA) is 55.1 Å². The van der Waals surface area contributed by atoms with Crippen molar-refractivity contribution < 1.29 is 4.79 Å². The fourth-order valence-electron chi connectivity index (χ4n) is 3.46. The molecule has 3 nitrogen and oxygen atoms in total. The van der Waals surface area contributed by atoms with Gasteiger partial charge in [-0.25, -0.2) is 0 Å². The number of hydrogen-bond donors (Lipinski definition) is 2. The zero-order valence-corrected chi connectivity index (χ0v) is 13.8. The van der Waals surface area contributed by atoms with Crippen LogP contribution >= 0.6 is 0 Å². The lowest BCUT2D eigenvalue weighted by atomic mass is 9.85. The number of nitrogens with one attached hydrogen (secondary N) is 1. The number of rotatable bonds is 3. The Kier molecular flexibility index (Phi) is 4.49. The molecule has 2 unspecified atom stereocenters. The highest BCUT2D eigenvalue weighted by Crippen LogP contribution is 2.32.